The van der Waals surface area contributed by atoms with Gasteiger partial charge in [0.1, 0.15) is 0 Å². The number of carbonyl (C=O) groups is 2. The van der Waals surface area contributed by atoms with E-state index in [1.807, 2.05) is 60.7 Å². The number of hydrogen-bond donors (Lipinski definition) is 6. The molecule has 0 fully saturated rings. The van der Waals surface area contributed by atoms with Crippen molar-refractivity contribution in [1.82, 2.24) is 30.6 Å². The molecule has 0 unspecified atom stereocenters. The van der Waals surface area contributed by atoms with Crippen LogP contribution in [0, 0.1) is 0 Å². The van der Waals surface area contributed by atoms with Crippen LogP contribution in [0.25, 0.3) is 11.1 Å². The second-order valence-corrected chi connectivity index (χ2v) is 12.1. The third kappa shape index (κ3) is 8.67. The van der Waals surface area contributed by atoms with Gasteiger partial charge in [-0.15, -0.1) is 0 Å². The van der Waals surface area contributed by atoms with Crippen LogP contribution < -0.4 is 22.1 Å². The number of nitrogens with zero attached hydrogens (tertiary/aromatic N) is 2. The quantitative estimate of drug-likeness (QED) is 0.0937. The highest BCUT2D eigenvalue weighted by Crippen LogP contribution is 2.37. The van der Waals surface area contributed by atoms with Crippen molar-refractivity contribution in [2.75, 3.05) is 0 Å². The summed E-state index contributed by atoms with van der Waals surface area (Å²) in [6.07, 6.45) is 7.25. The van der Waals surface area contributed by atoms with Crippen LogP contribution in [-0.2, 0) is 35.5 Å². The van der Waals surface area contributed by atoms with Crippen LogP contribution in [0.15, 0.2) is 134 Å². The van der Waals surface area contributed by atoms with Gasteiger partial charge in [0.2, 0.25) is 11.8 Å². The number of aromatic nitrogens is 4. The summed E-state index contributed by atoms with van der Waals surface area (Å²) in [5.74, 6) is -0.445. The fourth-order valence-corrected chi connectivity index (χ4v) is 5.79. The Morgan fingerprint density at radius 3 is 1.24 bits per heavy atom. The molecule has 0 bridgehead atoms. The van der Waals surface area contributed by atoms with E-state index >= 15 is 0 Å². The molecule has 50 heavy (non-hydrogen) atoms. The minimum atomic E-state index is -0.677. The van der Waals surface area contributed by atoms with Crippen LogP contribution in [0.1, 0.15) is 44.8 Å². The summed E-state index contributed by atoms with van der Waals surface area (Å²) in [7, 11) is 0. The fourth-order valence-electron chi connectivity index (χ4n) is 5.79. The Balaban J connectivity index is 1.25. The largest absolute Gasteiger partial charge is 0.351 e. The smallest absolute Gasteiger partial charge is 0.237 e. The van der Waals surface area contributed by atoms with Crippen molar-refractivity contribution in [3.8, 4) is 0 Å². The SMILES string of the molecule is N[C@@H](Cc1cnc[nH]1)C(=O)NCc1ccc(/C(=C(\c2ccccc2)c2ccc(CNC(=O)[C@@H](N)Cc3cnc[nH]3)cc2)c2ccccc2)cc1. The lowest BCUT2D eigenvalue weighted by Gasteiger charge is -2.19. The van der Waals surface area contributed by atoms with Crippen LogP contribution in [0.2, 0.25) is 0 Å². The Hall–Kier alpha value is -6.10. The first-order valence-corrected chi connectivity index (χ1v) is 16.5. The number of H-pyrrole nitrogens is 2. The van der Waals surface area contributed by atoms with Gasteiger partial charge in [0.05, 0.1) is 24.7 Å². The third-order valence-corrected chi connectivity index (χ3v) is 8.46. The number of aromatic amines is 2. The van der Waals surface area contributed by atoms with Gasteiger partial charge in [0.15, 0.2) is 0 Å². The molecule has 2 aromatic heterocycles. The molecular formula is C40H40N8O2. The topological polar surface area (TPSA) is 168 Å². The third-order valence-electron chi connectivity index (χ3n) is 8.46. The van der Waals surface area contributed by atoms with E-state index < -0.39 is 12.1 Å². The molecule has 2 atom stereocenters. The number of carbonyl (C=O) groups excluding carboxylic acids is 2. The van der Waals surface area contributed by atoms with E-state index in [1.165, 1.54) is 0 Å². The summed E-state index contributed by atoms with van der Waals surface area (Å²) in [6.45, 7) is 0.718. The van der Waals surface area contributed by atoms with E-state index in [9.17, 15) is 9.59 Å². The molecular weight excluding hydrogens is 624 g/mol. The second kappa shape index (κ2) is 16.3. The van der Waals surface area contributed by atoms with Crippen molar-refractivity contribution in [3.63, 3.8) is 0 Å². The molecule has 4 aromatic carbocycles. The lowest BCUT2D eigenvalue weighted by molar-refractivity contribution is -0.123. The van der Waals surface area contributed by atoms with E-state index in [1.54, 1.807) is 25.0 Å². The summed E-state index contributed by atoms with van der Waals surface area (Å²) in [6, 6.07) is 35.8. The van der Waals surface area contributed by atoms with Crippen LogP contribution in [0.4, 0.5) is 0 Å². The van der Waals surface area contributed by atoms with Gasteiger partial charge in [-0.3, -0.25) is 9.59 Å². The summed E-state index contributed by atoms with van der Waals surface area (Å²) >= 11 is 0. The number of amides is 2. The maximum Gasteiger partial charge on any atom is 0.237 e. The number of nitrogens with one attached hydrogen (secondary N) is 4. The van der Waals surface area contributed by atoms with Crippen molar-refractivity contribution < 1.29 is 9.59 Å². The number of hydrogen-bond acceptors (Lipinski definition) is 6. The Morgan fingerprint density at radius 2 is 0.900 bits per heavy atom. The molecule has 2 amide bonds. The van der Waals surface area contributed by atoms with Crippen molar-refractivity contribution in [3.05, 3.63) is 179 Å². The maximum absolute atomic E-state index is 12.7. The van der Waals surface area contributed by atoms with Crippen LogP contribution in [0.5, 0.6) is 0 Å². The number of benzene rings is 4. The molecule has 10 nitrogen and oxygen atoms in total. The Kier molecular flexibility index (Phi) is 11.0. The molecule has 0 radical (unpaired) electrons. The predicted octanol–water partition coefficient (Wildman–Crippen LogP) is 4.51. The van der Waals surface area contributed by atoms with Gasteiger partial charge < -0.3 is 32.1 Å². The van der Waals surface area contributed by atoms with E-state index in [4.69, 9.17) is 11.5 Å². The van der Waals surface area contributed by atoms with Gasteiger partial charge in [0, 0.05) is 49.7 Å². The van der Waals surface area contributed by atoms with Crippen molar-refractivity contribution >= 4 is 23.0 Å². The number of nitrogens with two attached hydrogens (primary N) is 2. The summed E-state index contributed by atoms with van der Waals surface area (Å²) in [4.78, 5) is 39.3. The summed E-state index contributed by atoms with van der Waals surface area (Å²) in [5, 5.41) is 5.91. The fraction of sp³-hybridized carbons (Fsp3) is 0.150. The van der Waals surface area contributed by atoms with Gasteiger partial charge in [-0.25, -0.2) is 9.97 Å². The van der Waals surface area contributed by atoms with Gasteiger partial charge in [0.25, 0.3) is 0 Å². The van der Waals surface area contributed by atoms with Crippen molar-refractivity contribution in [1.29, 1.82) is 0 Å². The number of rotatable bonds is 14. The molecule has 0 saturated heterocycles. The van der Waals surface area contributed by atoms with E-state index in [0.717, 1.165) is 55.9 Å². The lowest BCUT2D eigenvalue weighted by Crippen LogP contribution is -2.41. The zero-order valence-electron chi connectivity index (χ0n) is 27.6. The summed E-state index contributed by atoms with van der Waals surface area (Å²) < 4.78 is 0. The predicted molar refractivity (Wildman–Crippen MR) is 195 cm³/mol. The standard InChI is InChI=1S/C40H40N8O2/c41-35(19-33-23-43-25-47-33)39(49)45-21-27-11-15-31(16-12-27)37(29-7-3-1-4-8-29)38(30-9-5-2-6-10-30)32-17-13-28(14-18-32)22-46-40(50)36(42)20-34-24-44-26-48-34/h1-18,23-26,35-36H,19-22,41-42H2,(H,43,47)(H,44,48)(H,45,49)(H,46,50)/b38-37+/t35-,36-/m0/s1. The molecule has 0 aliphatic heterocycles. The molecule has 0 spiro atoms. The van der Waals surface area contributed by atoms with E-state index in [0.29, 0.717) is 25.9 Å². The average Bonchev–Trinajstić information content (AvgIpc) is 3.88. The first-order valence-electron chi connectivity index (χ1n) is 16.5. The first kappa shape index (κ1) is 33.8. The highest BCUT2D eigenvalue weighted by Gasteiger charge is 2.18. The maximum atomic E-state index is 12.7. The van der Waals surface area contributed by atoms with Gasteiger partial charge in [-0.1, -0.05) is 109 Å². The normalized spacial score (nSPS) is 12.8. The van der Waals surface area contributed by atoms with Gasteiger partial charge in [-0.05, 0) is 44.5 Å². The monoisotopic (exact) mass is 664 g/mol. The minimum Gasteiger partial charge on any atom is -0.351 e. The Morgan fingerprint density at radius 1 is 0.540 bits per heavy atom. The molecule has 0 aliphatic carbocycles. The molecule has 8 N–H and O–H groups in total. The molecule has 10 heteroatoms. The van der Waals surface area contributed by atoms with Crippen LogP contribution >= 0.6 is 0 Å². The van der Waals surface area contributed by atoms with E-state index in [2.05, 4.69) is 79.1 Å². The number of imidazole rings is 2. The molecule has 0 aliphatic rings. The van der Waals surface area contributed by atoms with Crippen LogP contribution in [-0.4, -0.2) is 43.8 Å². The lowest BCUT2D eigenvalue weighted by atomic mass is 9.85. The van der Waals surface area contributed by atoms with Crippen molar-refractivity contribution in [2.24, 2.45) is 11.5 Å². The molecule has 2 heterocycles. The van der Waals surface area contributed by atoms with Crippen molar-refractivity contribution in [2.45, 2.75) is 38.0 Å². The molecule has 6 rings (SSSR count). The second-order valence-electron chi connectivity index (χ2n) is 12.1. The van der Waals surface area contributed by atoms with Crippen LogP contribution in [0.3, 0.4) is 0 Å². The molecule has 0 saturated carbocycles. The highest BCUT2D eigenvalue weighted by atomic mass is 16.2. The minimum absolute atomic E-state index is 0.222. The van der Waals surface area contributed by atoms with Gasteiger partial charge >= 0.3 is 0 Å². The Labute approximate surface area is 291 Å². The Bertz CT molecular complexity index is 1840. The zero-order chi connectivity index (χ0) is 34.7. The van der Waals surface area contributed by atoms with E-state index in [-0.39, 0.29) is 11.8 Å². The molecule has 252 valence electrons. The summed E-state index contributed by atoms with van der Waals surface area (Å²) in [5.41, 5.74) is 22.1. The zero-order valence-corrected chi connectivity index (χ0v) is 27.6. The highest BCUT2D eigenvalue weighted by molar-refractivity contribution is 6.04. The molecule has 6 aromatic rings. The van der Waals surface area contributed by atoms with Gasteiger partial charge in [-0.2, -0.15) is 0 Å². The average molecular weight is 665 g/mol. The first-order chi connectivity index (χ1) is 24.4.